The number of hydrogen-bond donors (Lipinski definition) is 1. The van der Waals surface area contributed by atoms with Crippen molar-refractivity contribution in [1.82, 2.24) is 4.90 Å². The summed E-state index contributed by atoms with van der Waals surface area (Å²) in [5.74, 6) is -1.47. The van der Waals surface area contributed by atoms with Gasteiger partial charge in [0.2, 0.25) is 5.91 Å². The van der Waals surface area contributed by atoms with Crippen molar-refractivity contribution in [3.05, 3.63) is 0 Å². The number of carboxylic acid groups (broad SMARTS) is 1. The van der Waals surface area contributed by atoms with E-state index in [2.05, 4.69) is 0 Å². The smallest absolute Gasteiger partial charge is 0.306 e. The van der Waals surface area contributed by atoms with E-state index in [1.165, 1.54) is 0 Å². The third kappa shape index (κ3) is 5.16. The molecule has 1 N–H and O–H groups in total. The molecule has 1 fully saturated rings. The first-order valence-corrected chi connectivity index (χ1v) is 6.21. The molecule has 1 amide bonds. The van der Waals surface area contributed by atoms with E-state index >= 15 is 0 Å². The molecule has 1 aliphatic carbocycles. The first-order chi connectivity index (χ1) is 8.54. The molecular weight excluding hydrogens is 238 g/mol. The molecule has 0 atom stereocenters. The zero-order valence-corrected chi connectivity index (χ0v) is 10.6. The van der Waals surface area contributed by atoms with Crippen LogP contribution in [0.15, 0.2) is 0 Å². The van der Waals surface area contributed by atoms with Gasteiger partial charge in [-0.3, -0.25) is 14.4 Å². The van der Waals surface area contributed by atoms with E-state index in [9.17, 15) is 14.4 Å². The number of aliphatic carboxylic acids is 1. The first kappa shape index (κ1) is 14.5. The number of carboxylic acids is 1. The van der Waals surface area contributed by atoms with E-state index in [-0.39, 0.29) is 43.7 Å². The quantitative estimate of drug-likeness (QED) is 0.650. The minimum atomic E-state index is -0.918. The monoisotopic (exact) mass is 257 g/mol. The first-order valence-electron chi connectivity index (χ1n) is 6.21. The largest absolute Gasteiger partial charge is 0.481 e. The molecule has 102 valence electrons. The molecule has 18 heavy (non-hydrogen) atoms. The second-order valence-electron chi connectivity index (χ2n) is 4.27. The highest BCUT2D eigenvalue weighted by Crippen LogP contribution is 2.27. The molecule has 0 radical (unpaired) electrons. The molecule has 0 aromatic heterocycles. The van der Waals surface area contributed by atoms with Crippen LogP contribution in [0.5, 0.6) is 0 Å². The summed E-state index contributed by atoms with van der Waals surface area (Å²) in [5.41, 5.74) is 0. The predicted molar refractivity (Wildman–Crippen MR) is 62.9 cm³/mol. The lowest BCUT2D eigenvalue weighted by atomic mass is 10.2. The van der Waals surface area contributed by atoms with Crippen LogP contribution < -0.4 is 0 Å². The molecule has 0 aromatic rings. The maximum atomic E-state index is 11.9. The van der Waals surface area contributed by atoms with Crippen molar-refractivity contribution in [3.8, 4) is 0 Å². The number of amides is 1. The van der Waals surface area contributed by atoms with Gasteiger partial charge in [0.15, 0.2) is 0 Å². The molecule has 1 saturated carbocycles. The molecule has 1 rings (SSSR count). The summed E-state index contributed by atoms with van der Waals surface area (Å²) in [6.07, 6.45) is 1.94. The normalized spacial score (nSPS) is 14.1. The summed E-state index contributed by atoms with van der Waals surface area (Å²) in [4.78, 5) is 35.1. The molecular formula is C12H19NO5. The topological polar surface area (TPSA) is 83.9 Å². The molecule has 6 nitrogen and oxygen atoms in total. The summed E-state index contributed by atoms with van der Waals surface area (Å²) in [7, 11) is 0. The van der Waals surface area contributed by atoms with Crippen LogP contribution in [0.3, 0.4) is 0 Å². The van der Waals surface area contributed by atoms with Crippen molar-refractivity contribution in [3.63, 3.8) is 0 Å². The highest BCUT2D eigenvalue weighted by Gasteiger charge is 2.32. The fourth-order valence-electron chi connectivity index (χ4n) is 1.70. The van der Waals surface area contributed by atoms with Gasteiger partial charge in [0, 0.05) is 19.0 Å². The summed E-state index contributed by atoms with van der Waals surface area (Å²) < 4.78 is 4.74. The lowest BCUT2D eigenvalue weighted by Gasteiger charge is -2.21. The van der Waals surface area contributed by atoms with Crippen molar-refractivity contribution in [2.24, 2.45) is 0 Å². The van der Waals surface area contributed by atoms with Gasteiger partial charge < -0.3 is 14.7 Å². The van der Waals surface area contributed by atoms with Crippen molar-refractivity contribution in [2.45, 2.75) is 45.1 Å². The molecule has 1 aliphatic rings. The Balaban J connectivity index is 2.35. The zero-order chi connectivity index (χ0) is 13.5. The summed E-state index contributed by atoms with van der Waals surface area (Å²) >= 11 is 0. The van der Waals surface area contributed by atoms with E-state index in [1.54, 1.807) is 11.8 Å². The van der Waals surface area contributed by atoms with Gasteiger partial charge in [-0.25, -0.2) is 0 Å². The molecule has 0 heterocycles. The second kappa shape index (κ2) is 6.98. The van der Waals surface area contributed by atoms with E-state index in [0.29, 0.717) is 6.61 Å². The molecule has 0 saturated heterocycles. The Morgan fingerprint density at radius 2 is 1.89 bits per heavy atom. The van der Waals surface area contributed by atoms with Crippen molar-refractivity contribution >= 4 is 17.8 Å². The predicted octanol–water partition coefficient (Wildman–Crippen LogP) is 0.795. The van der Waals surface area contributed by atoms with E-state index in [1.807, 2.05) is 0 Å². The Hall–Kier alpha value is -1.59. The minimum absolute atomic E-state index is 0.0539. The minimum Gasteiger partial charge on any atom is -0.481 e. The average molecular weight is 257 g/mol. The van der Waals surface area contributed by atoms with Gasteiger partial charge in [-0.2, -0.15) is 0 Å². The molecule has 0 spiro atoms. The summed E-state index contributed by atoms with van der Waals surface area (Å²) in [6.45, 7) is 2.24. The fraction of sp³-hybridized carbons (Fsp3) is 0.750. The highest BCUT2D eigenvalue weighted by atomic mass is 16.5. The van der Waals surface area contributed by atoms with Gasteiger partial charge >= 0.3 is 11.9 Å². The van der Waals surface area contributed by atoms with Crippen LogP contribution in [-0.2, 0) is 19.1 Å². The Morgan fingerprint density at radius 1 is 1.22 bits per heavy atom. The van der Waals surface area contributed by atoms with E-state index in [4.69, 9.17) is 9.84 Å². The Labute approximate surface area is 106 Å². The number of carbonyl (C=O) groups is 3. The van der Waals surface area contributed by atoms with Gasteiger partial charge in [0.05, 0.1) is 19.4 Å². The van der Waals surface area contributed by atoms with Gasteiger partial charge in [0.1, 0.15) is 0 Å². The van der Waals surface area contributed by atoms with Crippen LogP contribution in [0.25, 0.3) is 0 Å². The standard InChI is InChI=1S/C12H19NO5/c1-2-18-12(17)6-5-10(14)13(9-3-4-9)8-7-11(15)16/h9H,2-8H2,1H3,(H,15,16). The number of carbonyl (C=O) groups excluding carboxylic acids is 2. The van der Waals surface area contributed by atoms with Crippen LogP contribution in [-0.4, -0.2) is 47.0 Å². The highest BCUT2D eigenvalue weighted by molar-refractivity contribution is 5.82. The van der Waals surface area contributed by atoms with Gasteiger partial charge in [0.25, 0.3) is 0 Å². The number of nitrogens with zero attached hydrogens (tertiary/aromatic N) is 1. The van der Waals surface area contributed by atoms with Gasteiger partial charge in [-0.05, 0) is 19.8 Å². The SMILES string of the molecule is CCOC(=O)CCC(=O)N(CCC(=O)O)C1CC1. The molecule has 0 aliphatic heterocycles. The maximum absolute atomic E-state index is 11.9. The Kier molecular flexibility index (Phi) is 5.61. The third-order valence-corrected chi connectivity index (χ3v) is 2.72. The lowest BCUT2D eigenvalue weighted by molar-refractivity contribution is -0.146. The van der Waals surface area contributed by atoms with Gasteiger partial charge in [-0.15, -0.1) is 0 Å². The lowest BCUT2D eigenvalue weighted by Crippen LogP contribution is -2.35. The van der Waals surface area contributed by atoms with Crippen LogP contribution in [0.2, 0.25) is 0 Å². The van der Waals surface area contributed by atoms with Crippen LogP contribution >= 0.6 is 0 Å². The summed E-state index contributed by atoms with van der Waals surface area (Å²) in [6, 6.07) is 0.166. The van der Waals surface area contributed by atoms with Crippen LogP contribution in [0.4, 0.5) is 0 Å². The Bertz CT molecular complexity index is 324. The molecule has 0 unspecified atom stereocenters. The van der Waals surface area contributed by atoms with Crippen molar-refractivity contribution in [2.75, 3.05) is 13.2 Å². The van der Waals surface area contributed by atoms with Gasteiger partial charge in [-0.1, -0.05) is 0 Å². The number of ether oxygens (including phenoxy) is 1. The van der Waals surface area contributed by atoms with Crippen LogP contribution in [0, 0.1) is 0 Å². The van der Waals surface area contributed by atoms with Crippen molar-refractivity contribution < 1.29 is 24.2 Å². The molecule has 6 heteroatoms. The fourth-order valence-corrected chi connectivity index (χ4v) is 1.70. The number of hydrogen-bond acceptors (Lipinski definition) is 4. The Morgan fingerprint density at radius 3 is 2.39 bits per heavy atom. The average Bonchev–Trinajstić information content (AvgIpc) is 3.11. The maximum Gasteiger partial charge on any atom is 0.306 e. The van der Waals surface area contributed by atoms with Crippen LogP contribution in [0.1, 0.15) is 39.0 Å². The number of rotatable bonds is 8. The molecule has 0 bridgehead atoms. The second-order valence-corrected chi connectivity index (χ2v) is 4.27. The van der Waals surface area contributed by atoms with E-state index < -0.39 is 5.97 Å². The third-order valence-electron chi connectivity index (χ3n) is 2.72. The number of esters is 1. The molecule has 0 aromatic carbocycles. The summed E-state index contributed by atoms with van der Waals surface area (Å²) in [5, 5.41) is 8.62. The zero-order valence-electron chi connectivity index (χ0n) is 10.6. The van der Waals surface area contributed by atoms with Crippen molar-refractivity contribution in [1.29, 1.82) is 0 Å². The van der Waals surface area contributed by atoms with E-state index in [0.717, 1.165) is 12.8 Å².